The van der Waals surface area contributed by atoms with E-state index in [2.05, 4.69) is 48.7 Å². The van der Waals surface area contributed by atoms with E-state index in [4.69, 9.17) is 0 Å². The average Bonchev–Trinajstić information content (AvgIpc) is 2.00. The lowest BCUT2D eigenvalue weighted by Gasteiger charge is -2.25. The van der Waals surface area contributed by atoms with Crippen LogP contribution in [-0.2, 0) is 4.79 Å². The van der Waals surface area contributed by atoms with Gasteiger partial charge >= 0.3 is 0 Å². The molecule has 14 heavy (non-hydrogen) atoms. The van der Waals surface area contributed by atoms with Crippen molar-refractivity contribution in [1.29, 1.82) is 0 Å². The Kier molecular flexibility index (Phi) is 6.02. The highest BCUT2D eigenvalue weighted by Gasteiger charge is 2.21. The molecule has 1 unspecified atom stereocenters. The van der Waals surface area contributed by atoms with Gasteiger partial charge in [0.15, 0.2) is 0 Å². The lowest BCUT2D eigenvalue weighted by atomic mass is 10.0. The highest BCUT2D eigenvalue weighted by atomic mass is 127. The van der Waals surface area contributed by atoms with Crippen LogP contribution in [0.2, 0.25) is 0 Å². The van der Waals surface area contributed by atoms with Crippen LogP contribution < -0.4 is 5.32 Å². The molecule has 0 aliphatic rings. The number of hydrogen-bond acceptors (Lipinski definition) is 1. The van der Waals surface area contributed by atoms with Crippen LogP contribution in [0.25, 0.3) is 0 Å². The van der Waals surface area contributed by atoms with Crippen LogP contribution in [0.15, 0.2) is 0 Å². The Hall–Kier alpha value is 0.200. The number of hydrogen-bond donors (Lipinski definition) is 1. The van der Waals surface area contributed by atoms with Crippen molar-refractivity contribution >= 4 is 28.5 Å². The maximum Gasteiger partial charge on any atom is 0.222 e. The first-order valence-electron chi connectivity index (χ1n) is 5.25. The van der Waals surface area contributed by atoms with Crippen LogP contribution >= 0.6 is 22.6 Å². The van der Waals surface area contributed by atoms with E-state index in [9.17, 15) is 4.79 Å². The molecule has 0 aliphatic heterocycles. The van der Waals surface area contributed by atoms with Gasteiger partial charge in [0.05, 0.1) is 0 Å². The number of alkyl halides is 1. The lowest BCUT2D eigenvalue weighted by molar-refractivity contribution is -0.124. The smallest absolute Gasteiger partial charge is 0.222 e. The quantitative estimate of drug-likeness (QED) is 0.613. The van der Waals surface area contributed by atoms with Gasteiger partial charge in [-0.15, -0.1) is 0 Å². The Bertz CT molecular complexity index is 184. The molecule has 0 aromatic rings. The number of carbonyl (C=O) groups excluding carboxylic acids is 1. The predicted molar refractivity (Wildman–Crippen MR) is 69.8 cm³/mol. The number of carbonyl (C=O) groups is 1. The molecular weight excluding hydrogens is 289 g/mol. The van der Waals surface area contributed by atoms with Crippen molar-refractivity contribution in [3.05, 3.63) is 0 Å². The third-order valence-electron chi connectivity index (χ3n) is 2.10. The van der Waals surface area contributed by atoms with Crippen molar-refractivity contribution in [2.75, 3.05) is 0 Å². The fourth-order valence-electron chi connectivity index (χ4n) is 1.25. The zero-order valence-electron chi connectivity index (χ0n) is 9.86. The van der Waals surface area contributed by atoms with E-state index in [-0.39, 0.29) is 15.2 Å². The van der Waals surface area contributed by atoms with E-state index in [1.54, 1.807) is 0 Å². The van der Waals surface area contributed by atoms with Crippen LogP contribution in [0.4, 0.5) is 0 Å². The molecule has 1 amide bonds. The second-order valence-electron chi connectivity index (χ2n) is 4.69. The maximum atomic E-state index is 11.5. The van der Waals surface area contributed by atoms with Gasteiger partial charge in [0.25, 0.3) is 0 Å². The van der Waals surface area contributed by atoms with Crippen LogP contribution in [0.3, 0.4) is 0 Å². The first-order chi connectivity index (χ1) is 6.26. The zero-order chi connectivity index (χ0) is 11.4. The highest BCUT2D eigenvalue weighted by Crippen LogP contribution is 2.24. The van der Waals surface area contributed by atoms with E-state index in [0.717, 1.165) is 12.8 Å². The fraction of sp³-hybridized carbons (Fsp3) is 0.909. The molecule has 0 rings (SSSR count). The summed E-state index contributed by atoms with van der Waals surface area (Å²) in [4.78, 5) is 11.5. The molecule has 0 saturated heterocycles. The topological polar surface area (TPSA) is 29.1 Å². The number of amides is 1. The summed E-state index contributed by atoms with van der Waals surface area (Å²) in [5.41, 5.74) is 0. The summed E-state index contributed by atoms with van der Waals surface area (Å²) < 4.78 is 0.253. The van der Waals surface area contributed by atoms with Crippen LogP contribution in [0.1, 0.15) is 47.5 Å². The Morgan fingerprint density at radius 2 is 1.93 bits per heavy atom. The molecule has 0 fully saturated rings. The first-order valence-corrected chi connectivity index (χ1v) is 6.33. The van der Waals surface area contributed by atoms with Gasteiger partial charge in [-0.1, -0.05) is 57.2 Å². The van der Waals surface area contributed by atoms with Crippen molar-refractivity contribution in [2.45, 2.75) is 56.9 Å². The SMILES string of the molecule is CCC(CC(C)(C)I)NC(=O)C(C)C. The molecule has 0 aromatic heterocycles. The average molecular weight is 311 g/mol. The Labute approximate surface area is 101 Å². The van der Waals surface area contributed by atoms with Crippen LogP contribution in [0, 0.1) is 5.92 Å². The molecule has 2 nitrogen and oxygen atoms in total. The molecule has 1 N–H and O–H groups in total. The fourth-order valence-corrected chi connectivity index (χ4v) is 1.78. The second kappa shape index (κ2) is 5.93. The summed E-state index contributed by atoms with van der Waals surface area (Å²) in [7, 11) is 0. The van der Waals surface area contributed by atoms with Gasteiger partial charge in [0, 0.05) is 15.4 Å². The molecule has 84 valence electrons. The molecule has 0 bridgehead atoms. The van der Waals surface area contributed by atoms with E-state index in [0.29, 0.717) is 6.04 Å². The zero-order valence-corrected chi connectivity index (χ0v) is 12.0. The van der Waals surface area contributed by atoms with Gasteiger partial charge in [-0.3, -0.25) is 4.79 Å². The second-order valence-corrected chi connectivity index (χ2v) is 7.61. The molecule has 1 atom stereocenters. The summed E-state index contributed by atoms with van der Waals surface area (Å²) in [6.45, 7) is 10.4. The minimum absolute atomic E-state index is 0.0846. The van der Waals surface area contributed by atoms with Gasteiger partial charge in [0.1, 0.15) is 0 Å². The van der Waals surface area contributed by atoms with E-state index in [1.807, 2.05) is 13.8 Å². The minimum atomic E-state index is 0.0846. The van der Waals surface area contributed by atoms with E-state index in [1.165, 1.54) is 0 Å². The van der Waals surface area contributed by atoms with Gasteiger partial charge in [-0.2, -0.15) is 0 Å². The normalized spacial score (nSPS) is 14.2. The molecule has 0 saturated carbocycles. The van der Waals surface area contributed by atoms with Gasteiger partial charge in [-0.05, 0) is 12.8 Å². The van der Waals surface area contributed by atoms with Crippen molar-refractivity contribution in [1.82, 2.24) is 5.32 Å². The summed E-state index contributed by atoms with van der Waals surface area (Å²) in [5, 5.41) is 3.08. The Balaban J connectivity index is 4.10. The molecule has 0 aromatic carbocycles. The summed E-state index contributed by atoms with van der Waals surface area (Å²) in [6, 6.07) is 0.316. The monoisotopic (exact) mass is 311 g/mol. The van der Waals surface area contributed by atoms with Crippen molar-refractivity contribution in [3.8, 4) is 0 Å². The van der Waals surface area contributed by atoms with Crippen LogP contribution in [0.5, 0.6) is 0 Å². The highest BCUT2D eigenvalue weighted by molar-refractivity contribution is 14.1. The molecule has 0 aliphatic carbocycles. The summed E-state index contributed by atoms with van der Waals surface area (Å²) in [6.07, 6.45) is 2.04. The number of rotatable bonds is 5. The number of nitrogens with one attached hydrogen (secondary N) is 1. The van der Waals surface area contributed by atoms with Crippen molar-refractivity contribution < 1.29 is 4.79 Å². The molecule has 0 radical (unpaired) electrons. The van der Waals surface area contributed by atoms with Gasteiger partial charge in [-0.25, -0.2) is 0 Å². The first kappa shape index (κ1) is 14.2. The minimum Gasteiger partial charge on any atom is -0.353 e. The Morgan fingerprint density at radius 3 is 2.21 bits per heavy atom. The number of halogens is 1. The molecular formula is C11H22INO. The molecule has 0 spiro atoms. The lowest BCUT2D eigenvalue weighted by Crippen LogP contribution is -2.39. The third kappa shape index (κ3) is 6.62. The summed E-state index contributed by atoms with van der Waals surface area (Å²) in [5.74, 6) is 0.249. The van der Waals surface area contributed by atoms with Crippen molar-refractivity contribution in [2.24, 2.45) is 5.92 Å². The van der Waals surface area contributed by atoms with Gasteiger partial charge < -0.3 is 5.32 Å². The van der Waals surface area contributed by atoms with Crippen LogP contribution in [-0.4, -0.2) is 15.4 Å². The van der Waals surface area contributed by atoms with E-state index >= 15 is 0 Å². The maximum absolute atomic E-state index is 11.5. The van der Waals surface area contributed by atoms with Gasteiger partial charge in [0.2, 0.25) is 5.91 Å². The molecule has 3 heteroatoms. The molecule has 0 heterocycles. The largest absolute Gasteiger partial charge is 0.353 e. The third-order valence-corrected chi connectivity index (χ3v) is 2.54. The van der Waals surface area contributed by atoms with E-state index < -0.39 is 0 Å². The van der Waals surface area contributed by atoms with Crippen molar-refractivity contribution in [3.63, 3.8) is 0 Å². The Morgan fingerprint density at radius 1 is 1.43 bits per heavy atom. The predicted octanol–water partition coefficient (Wildman–Crippen LogP) is 3.14. The standard InChI is InChI=1S/C11H22INO/c1-6-9(7-11(4,5)12)13-10(14)8(2)3/h8-9H,6-7H2,1-5H3,(H,13,14). The summed E-state index contributed by atoms with van der Waals surface area (Å²) >= 11 is 2.43.